The normalized spacial score (nSPS) is 12.8. The van der Waals surface area contributed by atoms with E-state index in [2.05, 4.69) is 37.7 Å². The molecule has 0 aliphatic carbocycles. The van der Waals surface area contributed by atoms with Crippen LogP contribution in [0.25, 0.3) is 0 Å². The minimum Gasteiger partial charge on any atom is -0.388 e. The van der Waals surface area contributed by atoms with Gasteiger partial charge in [0.2, 0.25) is 10.0 Å². The van der Waals surface area contributed by atoms with Crippen molar-refractivity contribution in [1.82, 2.24) is 4.72 Å². The van der Waals surface area contributed by atoms with Crippen LogP contribution in [0.15, 0.2) is 17.0 Å². The summed E-state index contributed by atoms with van der Waals surface area (Å²) in [6.45, 7) is 12.4. The maximum atomic E-state index is 12.6. The van der Waals surface area contributed by atoms with Crippen molar-refractivity contribution in [1.29, 1.82) is 0 Å². The second-order valence-electron chi connectivity index (χ2n) is 6.66. The van der Waals surface area contributed by atoms with Crippen molar-refractivity contribution in [2.24, 2.45) is 11.3 Å². The molecule has 0 aliphatic rings. The topological polar surface area (TPSA) is 58.2 Å². The molecule has 21 heavy (non-hydrogen) atoms. The molecule has 0 fully saturated rings. The lowest BCUT2D eigenvalue weighted by molar-refractivity contribution is 0.252. The third-order valence-electron chi connectivity index (χ3n) is 4.30. The fourth-order valence-electron chi connectivity index (χ4n) is 2.08. The first-order valence-corrected chi connectivity index (χ1v) is 8.78. The van der Waals surface area contributed by atoms with E-state index in [0.29, 0.717) is 17.4 Å². The van der Waals surface area contributed by atoms with Crippen molar-refractivity contribution in [3.05, 3.63) is 23.3 Å². The van der Waals surface area contributed by atoms with Crippen LogP contribution in [0.3, 0.4) is 0 Å². The Balaban J connectivity index is 3.10. The second kappa shape index (κ2) is 6.36. The molecule has 0 aliphatic heterocycles. The van der Waals surface area contributed by atoms with Crippen molar-refractivity contribution in [3.8, 4) is 0 Å². The van der Waals surface area contributed by atoms with Gasteiger partial charge in [-0.05, 0) is 48.4 Å². The highest BCUT2D eigenvalue weighted by molar-refractivity contribution is 7.89. The van der Waals surface area contributed by atoms with E-state index in [1.165, 1.54) is 0 Å². The molecule has 0 heterocycles. The first-order valence-electron chi connectivity index (χ1n) is 7.30. The molecule has 0 saturated heterocycles. The Kier molecular flexibility index (Phi) is 5.45. The molecule has 1 aromatic rings. The van der Waals surface area contributed by atoms with Crippen molar-refractivity contribution >= 4 is 15.7 Å². The molecule has 0 bridgehead atoms. The van der Waals surface area contributed by atoms with E-state index >= 15 is 0 Å². The van der Waals surface area contributed by atoms with Crippen LogP contribution in [0.1, 0.15) is 38.8 Å². The van der Waals surface area contributed by atoms with Crippen molar-refractivity contribution in [2.75, 3.05) is 18.9 Å². The monoisotopic (exact) mass is 312 g/mol. The molecule has 0 unspecified atom stereocenters. The average Bonchev–Trinajstić information content (AvgIpc) is 2.35. The van der Waals surface area contributed by atoms with E-state index in [1.54, 1.807) is 0 Å². The number of benzene rings is 1. The molecule has 0 atom stereocenters. The van der Waals surface area contributed by atoms with Gasteiger partial charge in [0.1, 0.15) is 0 Å². The predicted molar refractivity (Wildman–Crippen MR) is 89.3 cm³/mol. The van der Waals surface area contributed by atoms with Crippen LogP contribution in [0.2, 0.25) is 0 Å². The maximum Gasteiger partial charge on any atom is 0.241 e. The fourth-order valence-corrected chi connectivity index (χ4v) is 3.75. The Bertz CT molecular complexity index is 582. The highest BCUT2D eigenvalue weighted by atomic mass is 32.2. The van der Waals surface area contributed by atoms with Gasteiger partial charge in [-0.1, -0.05) is 27.7 Å². The zero-order chi connectivity index (χ0) is 16.4. The lowest BCUT2D eigenvalue weighted by Crippen LogP contribution is -2.37. The number of sulfonamides is 1. The van der Waals surface area contributed by atoms with Crippen LogP contribution in [0.4, 0.5) is 5.69 Å². The van der Waals surface area contributed by atoms with Crippen LogP contribution in [-0.4, -0.2) is 22.0 Å². The summed E-state index contributed by atoms with van der Waals surface area (Å²) < 4.78 is 28.0. The first-order chi connectivity index (χ1) is 9.51. The summed E-state index contributed by atoms with van der Waals surface area (Å²) in [5.74, 6) is 0.397. The fraction of sp³-hybridized carbons (Fsp3) is 0.625. The molecule has 0 amide bonds. The highest BCUT2D eigenvalue weighted by Crippen LogP contribution is 2.27. The molecular weight excluding hydrogens is 284 g/mol. The lowest BCUT2D eigenvalue weighted by atomic mass is 9.81. The largest absolute Gasteiger partial charge is 0.388 e. The average molecular weight is 312 g/mol. The Morgan fingerprint density at radius 1 is 1.14 bits per heavy atom. The summed E-state index contributed by atoms with van der Waals surface area (Å²) in [7, 11) is -1.67. The molecule has 0 spiro atoms. The minimum atomic E-state index is -3.49. The summed E-state index contributed by atoms with van der Waals surface area (Å²) in [4.78, 5) is 0.390. The van der Waals surface area contributed by atoms with E-state index < -0.39 is 10.0 Å². The number of nitrogens with one attached hydrogen (secondary N) is 2. The van der Waals surface area contributed by atoms with Crippen LogP contribution in [0.5, 0.6) is 0 Å². The molecule has 0 radical (unpaired) electrons. The number of anilines is 1. The van der Waals surface area contributed by atoms with Crippen molar-refractivity contribution in [2.45, 2.75) is 46.4 Å². The van der Waals surface area contributed by atoms with Gasteiger partial charge in [0.25, 0.3) is 0 Å². The molecule has 0 saturated carbocycles. The Labute approximate surface area is 129 Å². The molecule has 4 nitrogen and oxygen atoms in total. The van der Waals surface area contributed by atoms with Crippen LogP contribution >= 0.6 is 0 Å². The zero-order valence-electron chi connectivity index (χ0n) is 14.2. The van der Waals surface area contributed by atoms with Crippen LogP contribution in [-0.2, 0) is 10.0 Å². The Morgan fingerprint density at radius 3 is 2.00 bits per heavy atom. The number of aryl methyl sites for hydroxylation is 2. The third kappa shape index (κ3) is 4.20. The smallest absolute Gasteiger partial charge is 0.241 e. The van der Waals surface area contributed by atoms with Gasteiger partial charge >= 0.3 is 0 Å². The van der Waals surface area contributed by atoms with E-state index in [0.717, 1.165) is 16.8 Å². The molecule has 120 valence electrons. The SMILES string of the molecule is CNc1cc(C)c(S(=O)(=O)NCC(C)(C)C(C)C)c(C)c1. The molecule has 0 aromatic heterocycles. The van der Waals surface area contributed by atoms with E-state index in [9.17, 15) is 8.42 Å². The molecular formula is C16H28N2O2S. The zero-order valence-corrected chi connectivity index (χ0v) is 15.0. The summed E-state index contributed by atoms with van der Waals surface area (Å²) in [5.41, 5.74) is 2.36. The maximum absolute atomic E-state index is 12.6. The van der Waals surface area contributed by atoms with Gasteiger partial charge in [-0.3, -0.25) is 0 Å². The summed E-state index contributed by atoms with van der Waals surface area (Å²) in [6, 6.07) is 3.71. The predicted octanol–water partition coefficient (Wildman–Crippen LogP) is 3.31. The van der Waals surface area contributed by atoms with Gasteiger partial charge in [0, 0.05) is 19.3 Å². The summed E-state index contributed by atoms with van der Waals surface area (Å²) >= 11 is 0. The van der Waals surface area contributed by atoms with Gasteiger partial charge in [0.15, 0.2) is 0 Å². The summed E-state index contributed by atoms with van der Waals surface area (Å²) in [6.07, 6.45) is 0. The van der Waals surface area contributed by atoms with E-state index in [4.69, 9.17) is 0 Å². The number of rotatable bonds is 6. The van der Waals surface area contributed by atoms with Crippen LogP contribution < -0.4 is 10.0 Å². The molecule has 5 heteroatoms. The van der Waals surface area contributed by atoms with Crippen molar-refractivity contribution < 1.29 is 8.42 Å². The first kappa shape index (κ1) is 18.0. The number of hydrogen-bond donors (Lipinski definition) is 2. The highest BCUT2D eigenvalue weighted by Gasteiger charge is 2.27. The van der Waals surface area contributed by atoms with Gasteiger partial charge in [-0.25, -0.2) is 13.1 Å². The van der Waals surface area contributed by atoms with Gasteiger partial charge in [0.05, 0.1) is 4.90 Å². The number of hydrogen-bond acceptors (Lipinski definition) is 3. The van der Waals surface area contributed by atoms with E-state index in [-0.39, 0.29) is 5.41 Å². The van der Waals surface area contributed by atoms with E-state index in [1.807, 2.05) is 33.0 Å². The van der Waals surface area contributed by atoms with Gasteiger partial charge in [-0.15, -0.1) is 0 Å². The molecule has 2 N–H and O–H groups in total. The third-order valence-corrected chi connectivity index (χ3v) is 6.00. The van der Waals surface area contributed by atoms with Crippen LogP contribution in [0, 0.1) is 25.2 Å². The Hall–Kier alpha value is -1.07. The molecule has 1 aromatic carbocycles. The minimum absolute atomic E-state index is 0.0835. The molecule has 1 rings (SSSR count). The second-order valence-corrected chi connectivity index (χ2v) is 8.36. The summed E-state index contributed by atoms with van der Waals surface area (Å²) in [5, 5.41) is 3.04. The van der Waals surface area contributed by atoms with Gasteiger partial charge < -0.3 is 5.32 Å². The van der Waals surface area contributed by atoms with Gasteiger partial charge in [-0.2, -0.15) is 0 Å². The Morgan fingerprint density at radius 2 is 1.62 bits per heavy atom. The quantitative estimate of drug-likeness (QED) is 0.847. The lowest BCUT2D eigenvalue weighted by Gasteiger charge is -2.29. The standard InChI is InChI=1S/C16H28N2O2S/c1-11(2)16(5,6)10-18-21(19,20)15-12(3)8-14(17-7)9-13(15)4/h8-9,11,17-18H,10H2,1-7H3. The van der Waals surface area contributed by atoms with Crippen molar-refractivity contribution in [3.63, 3.8) is 0 Å².